The second kappa shape index (κ2) is 5.69. The van der Waals surface area contributed by atoms with Crippen LogP contribution in [0.15, 0.2) is 42.4 Å². The lowest BCUT2D eigenvalue weighted by Crippen LogP contribution is -2.16. The molecule has 1 atom stereocenters. The monoisotopic (exact) mass is 244 g/mol. The molecule has 0 saturated carbocycles. The minimum absolute atomic E-state index is 0.425. The molecule has 1 fully saturated rings. The Kier molecular flexibility index (Phi) is 3.99. The fourth-order valence-electron chi connectivity index (χ4n) is 2.06. The number of aromatic nitrogens is 1. The Morgan fingerprint density at radius 3 is 3.17 bits per heavy atom. The first-order chi connectivity index (χ1) is 8.65. The Morgan fingerprint density at radius 2 is 2.50 bits per heavy atom. The molecular formula is C14H20N4. The summed E-state index contributed by atoms with van der Waals surface area (Å²) in [5.41, 5.74) is 8.88. The SMILES string of the molecule is C=C(/C=C(\N)C1CCNC1)Nc1cc(C)ccn1. The van der Waals surface area contributed by atoms with E-state index in [4.69, 9.17) is 5.73 Å². The number of pyridine rings is 1. The molecule has 18 heavy (non-hydrogen) atoms. The number of nitrogens with one attached hydrogen (secondary N) is 2. The highest BCUT2D eigenvalue weighted by molar-refractivity contribution is 5.45. The van der Waals surface area contributed by atoms with Crippen molar-refractivity contribution in [2.45, 2.75) is 13.3 Å². The zero-order valence-corrected chi connectivity index (χ0v) is 10.7. The van der Waals surface area contributed by atoms with Crippen molar-refractivity contribution in [2.75, 3.05) is 18.4 Å². The number of aryl methyl sites for hydroxylation is 1. The standard InChI is InChI=1S/C14H20N4/c1-10-3-6-17-14(7-10)18-11(2)8-13(15)12-4-5-16-9-12/h3,6-8,12,16H,2,4-5,9,15H2,1H3,(H,17,18)/b13-8-. The van der Waals surface area contributed by atoms with Crippen molar-refractivity contribution in [3.05, 3.63) is 47.9 Å². The van der Waals surface area contributed by atoms with Gasteiger partial charge >= 0.3 is 0 Å². The van der Waals surface area contributed by atoms with E-state index in [0.29, 0.717) is 5.92 Å². The lowest BCUT2D eigenvalue weighted by Gasteiger charge is -2.11. The molecule has 0 aliphatic carbocycles. The summed E-state index contributed by atoms with van der Waals surface area (Å²) in [6.07, 6.45) is 4.78. The third kappa shape index (κ3) is 3.34. The lowest BCUT2D eigenvalue weighted by atomic mass is 10.0. The number of anilines is 1. The summed E-state index contributed by atoms with van der Waals surface area (Å²) in [5.74, 6) is 1.22. The molecule has 0 bridgehead atoms. The van der Waals surface area contributed by atoms with Gasteiger partial charge in [0, 0.05) is 30.1 Å². The predicted molar refractivity (Wildman–Crippen MR) is 75.0 cm³/mol. The van der Waals surface area contributed by atoms with E-state index < -0.39 is 0 Å². The number of rotatable bonds is 4. The van der Waals surface area contributed by atoms with Crippen LogP contribution in [0.25, 0.3) is 0 Å². The highest BCUT2D eigenvalue weighted by Gasteiger charge is 2.16. The van der Waals surface area contributed by atoms with Gasteiger partial charge in [-0.1, -0.05) is 6.58 Å². The molecule has 1 unspecified atom stereocenters. The van der Waals surface area contributed by atoms with Gasteiger partial charge in [-0.3, -0.25) is 0 Å². The number of nitrogens with zero attached hydrogens (tertiary/aromatic N) is 1. The summed E-state index contributed by atoms with van der Waals surface area (Å²) >= 11 is 0. The summed E-state index contributed by atoms with van der Waals surface area (Å²) in [4.78, 5) is 4.23. The minimum Gasteiger partial charge on any atom is -0.402 e. The first-order valence-corrected chi connectivity index (χ1v) is 6.21. The molecule has 0 amide bonds. The van der Waals surface area contributed by atoms with Crippen molar-refractivity contribution in [2.24, 2.45) is 11.7 Å². The highest BCUT2D eigenvalue weighted by Crippen LogP contribution is 2.16. The number of nitrogens with two attached hydrogens (primary N) is 1. The van der Waals surface area contributed by atoms with E-state index in [0.717, 1.165) is 42.3 Å². The van der Waals surface area contributed by atoms with Crippen molar-refractivity contribution >= 4 is 5.82 Å². The first kappa shape index (κ1) is 12.6. The number of hydrogen-bond acceptors (Lipinski definition) is 4. The van der Waals surface area contributed by atoms with Crippen LogP contribution in [-0.2, 0) is 0 Å². The topological polar surface area (TPSA) is 63.0 Å². The first-order valence-electron chi connectivity index (χ1n) is 6.21. The number of hydrogen-bond donors (Lipinski definition) is 3. The second-order valence-corrected chi connectivity index (χ2v) is 4.70. The van der Waals surface area contributed by atoms with Crippen LogP contribution in [-0.4, -0.2) is 18.1 Å². The van der Waals surface area contributed by atoms with Crippen LogP contribution in [0, 0.1) is 12.8 Å². The molecule has 4 N–H and O–H groups in total. The van der Waals surface area contributed by atoms with Crippen molar-refractivity contribution < 1.29 is 0 Å². The zero-order chi connectivity index (χ0) is 13.0. The zero-order valence-electron chi connectivity index (χ0n) is 10.7. The number of allylic oxidation sites excluding steroid dienone is 1. The summed E-state index contributed by atoms with van der Waals surface area (Å²) in [7, 11) is 0. The Hall–Kier alpha value is -1.81. The lowest BCUT2D eigenvalue weighted by molar-refractivity contribution is 0.672. The van der Waals surface area contributed by atoms with Crippen LogP contribution in [0.5, 0.6) is 0 Å². The predicted octanol–water partition coefficient (Wildman–Crippen LogP) is 1.77. The normalized spacial score (nSPS) is 19.8. The maximum atomic E-state index is 6.06. The van der Waals surface area contributed by atoms with Gasteiger partial charge in [-0.25, -0.2) is 4.98 Å². The summed E-state index contributed by atoms with van der Waals surface area (Å²) in [5, 5.41) is 6.46. The largest absolute Gasteiger partial charge is 0.402 e. The van der Waals surface area contributed by atoms with Gasteiger partial charge in [-0.2, -0.15) is 0 Å². The highest BCUT2D eigenvalue weighted by atomic mass is 15.0. The third-order valence-corrected chi connectivity index (χ3v) is 3.08. The molecule has 1 aromatic rings. The maximum absolute atomic E-state index is 6.06. The van der Waals surface area contributed by atoms with E-state index in [-0.39, 0.29) is 0 Å². The molecule has 96 valence electrons. The van der Waals surface area contributed by atoms with E-state index >= 15 is 0 Å². The maximum Gasteiger partial charge on any atom is 0.130 e. The van der Waals surface area contributed by atoms with Crippen LogP contribution >= 0.6 is 0 Å². The fraction of sp³-hybridized carbons (Fsp3) is 0.357. The summed E-state index contributed by atoms with van der Waals surface area (Å²) in [6, 6.07) is 3.94. The molecule has 1 aliphatic rings. The van der Waals surface area contributed by atoms with Crippen LogP contribution in [0.2, 0.25) is 0 Å². The average molecular weight is 244 g/mol. The van der Waals surface area contributed by atoms with Crippen molar-refractivity contribution in [1.29, 1.82) is 0 Å². The molecule has 2 rings (SSSR count). The van der Waals surface area contributed by atoms with Crippen molar-refractivity contribution in [1.82, 2.24) is 10.3 Å². The molecule has 1 aromatic heterocycles. The van der Waals surface area contributed by atoms with Gasteiger partial charge < -0.3 is 16.4 Å². The summed E-state index contributed by atoms with van der Waals surface area (Å²) in [6.45, 7) is 7.99. The van der Waals surface area contributed by atoms with Gasteiger partial charge in [0.2, 0.25) is 0 Å². The molecule has 1 aliphatic heterocycles. The van der Waals surface area contributed by atoms with Gasteiger partial charge in [-0.15, -0.1) is 0 Å². The molecular weight excluding hydrogens is 224 g/mol. The van der Waals surface area contributed by atoms with E-state index in [1.165, 1.54) is 0 Å². The van der Waals surface area contributed by atoms with Crippen LogP contribution in [0.3, 0.4) is 0 Å². The smallest absolute Gasteiger partial charge is 0.130 e. The van der Waals surface area contributed by atoms with Crippen LogP contribution < -0.4 is 16.4 Å². The Balaban J connectivity index is 1.97. The van der Waals surface area contributed by atoms with Crippen LogP contribution in [0.1, 0.15) is 12.0 Å². The van der Waals surface area contributed by atoms with Crippen molar-refractivity contribution in [3.63, 3.8) is 0 Å². The van der Waals surface area contributed by atoms with Gasteiger partial charge in [-0.05, 0) is 43.7 Å². The Labute approximate surface area is 108 Å². The minimum atomic E-state index is 0.425. The van der Waals surface area contributed by atoms with Crippen molar-refractivity contribution in [3.8, 4) is 0 Å². The molecule has 0 aromatic carbocycles. The van der Waals surface area contributed by atoms with Gasteiger partial charge in [0.05, 0.1) is 0 Å². The third-order valence-electron chi connectivity index (χ3n) is 3.08. The Bertz CT molecular complexity index is 459. The average Bonchev–Trinajstić information content (AvgIpc) is 2.81. The Morgan fingerprint density at radius 1 is 1.67 bits per heavy atom. The van der Waals surface area contributed by atoms with E-state index in [2.05, 4.69) is 22.2 Å². The molecule has 0 radical (unpaired) electrons. The van der Waals surface area contributed by atoms with Crippen LogP contribution in [0.4, 0.5) is 5.82 Å². The van der Waals surface area contributed by atoms with Gasteiger partial charge in [0.15, 0.2) is 0 Å². The van der Waals surface area contributed by atoms with Gasteiger partial charge in [0.1, 0.15) is 5.82 Å². The molecule has 4 nitrogen and oxygen atoms in total. The quantitative estimate of drug-likeness (QED) is 0.706. The van der Waals surface area contributed by atoms with E-state index in [1.54, 1.807) is 6.20 Å². The summed E-state index contributed by atoms with van der Waals surface area (Å²) < 4.78 is 0. The molecule has 1 saturated heterocycles. The molecule has 4 heteroatoms. The fourth-order valence-corrected chi connectivity index (χ4v) is 2.06. The molecule has 2 heterocycles. The van der Waals surface area contributed by atoms with Gasteiger partial charge in [0.25, 0.3) is 0 Å². The van der Waals surface area contributed by atoms with E-state index in [9.17, 15) is 0 Å². The molecule has 0 spiro atoms. The van der Waals surface area contributed by atoms with E-state index in [1.807, 2.05) is 25.1 Å². The second-order valence-electron chi connectivity index (χ2n) is 4.70.